The zero-order valence-corrected chi connectivity index (χ0v) is 14.6. The summed E-state index contributed by atoms with van der Waals surface area (Å²) < 4.78 is 0. The summed E-state index contributed by atoms with van der Waals surface area (Å²) in [5.41, 5.74) is 4.59. The average molecular weight is 339 g/mol. The Kier molecular flexibility index (Phi) is 4.78. The first-order valence-corrected chi connectivity index (χ1v) is 9.28. The largest absolute Gasteiger partial charge is 0.369 e. The Labute approximate surface area is 147 Å². The molecular formula is C19H25N5O. The normalized spacial score (nSPS) is 18.2. The highest BCUT2D eigenvalue weighted by atomic mass is 16.1. The number of anilines is 1. The maximum atomic E-state index is 12.0. The molecule has 0 atom stereocenters. The molecule has 1 saturated heterocycles. The highest BCUT2D eigenvalue weighted by molar-refractivity contribution is 5.45. The minimum Gasteiger partial charge on any atom is -0.369 e. The number of H-pyrrole nitrogens is 1. The zero-order valence-electron chi connectivity index (χ0n) is 14.6. The molecule has 132 valence electrons. The number of fused-ring (bicyclic) bond motifs is 1. The van der Waals surface area contributed by atoms with Gasteiger partial charge in [0.1, 0.15) is 0 Å². The van der Waals surface area contributed by atoms with E-state index in [0.29, 0.717) is 0 Å². The van der Waals surface area contributed by atoms with Crippen LogP contribution in [0, 0.1) is 0 Å². The number of pyridine rings is 1. The molecule has 1 aliphatic heterocycles. The van der Waals surface area contributed by atoms with Crippen molar-refractivity contribution in [3.8, 4) is 0 Å². The van der Waals surface area contributed by atoms with E-state index >= 15 is 0 Å². The number of aromatic nitrogens is 3. The van der Waals surface area contributed by atoms with E-state index in [4.69, 9.17) is 0 Å². The Morgan fingerprint density at radius 2 is 1.72 bits per heavy atom. The van der Waals surface area contributed by atoms with Crippen molar-refractivity contribution in [2.45, 2.75) is 32.1 Å². The van der Waals surface area contributed by atoms with E-state index in [9.17, 15) is 4.79 Å². The molecule has 0 aromatic carbocycles. The summed E-state index contributed by atoms with van der Waals surface area (Å²) in [5, 5.41) is 7.06. The van der Waals surface area contributed by atoms with Crippen LogP contribution in [-0.2, 0) is 19.3 Å². The van der Waals surface area contributed by atoms with Crippen LogP contribution in [0.15, 0.2) is 29.3 Å². The monoisotopic (exact) mass is 339 g/mol. The Balaban J connectivity index is 1.35. The van der Waals surface area contributed by atoms with E-state index in [1.807, 2.05) is 12.4 Å². The summed E-state index contributed by atoms with van der Waals surface area (Å²) in [6.45, 7) is 5.22. The van der Waals surface area contributed by atoms with Gasteiger partial charge in [0.05, 0.1) is 5.69 Å². The minimum absolute atomic E-state index is 0.0180. The fourth-order valence-corrected chi connectivity index (χ4v) is 3.98. The molecule has 0 saturated carbocycles. The van der Waals surface area contributed by atoms with Gasteiger partial charge in [-0.15, -0.1) is 0 Å². The fourth-order valence-electron chi connectivity index (χ4n) is 3.98. The van der Waals surface area contributed by atoms with Crippen LogP contribution in [0.4, 0.5) is 5.69 Å². The number of hydrogen-bond donors (Lipinski definition) is 1. The summed E-state index contributed by atoms with van der Waals surface area (Å²) in [6.07, 6.45) is 8.85. The molecule has 3 heterocycles. The summed E-state index contributed by atoms with van der Waals surface area (Å²) in [4.78, 5) is 21.0. The highest BCUT2D eigenvalue weighted by Gasteiger charge is 2.20. The Morgan fingerprint density at radius 1 is 1.00 bits per heavy atom. The quantitative estimate of drug-likeness (QED) is 0.912. The van der Waals surface area contributed by atoms with Gasteiger partial charge in [0, 0.05) is 62.8 Å². The van der Waals surface area contributed by atoms with Crippen LogP contribution < -0.4 is 10.5 Å². The van der Waals surface area contributed by atoms with Crippen molar-refractivity contribution in [1.29, 1.82) is 0 Å². The van der Waals surface area contributed by atoms with Crippen molar-refractivity contribution in [3.63, 3.8) is 0 Å². The maximum absolute atomic E-state index is 12.0. The standard InChI is InChI=1S/C19H25N5O/c25-19-17-4-2-1-3-16(17)18(21-22-19)7-10-23-11-13-24(14-12-23)15-5-8-20-9-6-15/h5-6,8-9H,1-4,7,10-14H2,(H,22,25). The minimum atomic E-state index is 0.0180. The van der Waals surface area contributed by atoms with Gasteiger partial charge in [-0.2, -0.15) is 5.10 Å². The third-order valence-corrected chi connectivity index (χ3v) is 5.45. The fraction of sp³-hybridized carbons (Fsp3) is 0.526. The lowest BCUT2D eigenvalue weighted by atomic mass is 9.91. The molecule has 2 aromatic heterocycles. The Bertz CT molecular complexity index is 765. The molecule has 0 unspecified atom stereocenters. The molecule has 1 aliphatic carbocycles. The lowest BCUT2D eigenvalue weighted by Gasteiger charge is -2.36. The van der Waals surface area contributed by atoms with Gasteiger partial charge >= 0.3 is 0 Å². The first-order chi connectivity index (χ1) is 12.3. The smallest absolute Gasteiger partial charge is 0.267 e. The van der Waals surface area contributed by atoms with Gasteiger partial charge in [-0.1, -0.05) is 0 Å². The zero-order chi connectivity index (χ0) is 17.1. The molecule has 25 heavy (non-hydrogen) atoms. The molecule has 0 radical (unpaired) electrons. The second-order valence-electron chi connectivity index (χ2n) is 6.95. The molecule has 0 amide bonds. The molecule has 6 heteroatoms. The molecule has 0 bridgehead atoms. The highest BCUT2D eigenvalue weighted by Crippen LogP contribution is 2.21. The van der Waals surface area contributed by atoms with Gasteiger partial charge in [-0.3, -0.25) is 14.7 Å². The average Bonchev–Trinajstić information content (AvgIpc) is 2.69. The summed E-state index contributed by atoms with van der Waals surface area (Å²) in [6, 6.07) is 4.15. The Hall–Kier alpha value is -2.21. The molecule has 4 rings (SSSR count). The van der Waals surface area contributed by atoms with Crippen LogP contribution in [0.1, 0.15) is 29.7 Å². The lowest BCUT2D eigenvalue weighted by molar-refractivity contribution is 0.259. The van der Waals surface area contributed by atoms with Gasteiger partial charge in [0.2, 0.25) is 0 Å². The third-order valence-electron chi connectivity index (χ3n) is 5.45. The van der Waals surface area contributed by atoms with Gasteiger partial charge < -0.3 is 4.90 Å². The molecule has 2 aromatic rings. The SMILES string of the molecule is O=c1[nH]nc(CCN2CCN(c3ccncc3)CC2)c2c1CCCC2. The number of nitrogens with one attached hydrogen (secondary N) is 1. The van der Waals surface area contributed by atoms with E-state index in [2.05, 4.69) is 37.1 Å². The van der Waals surface area contributed by atoms with Gasteiger partial charge in [-0.25, -0.2) is 5.10 Å². The van der Waals surface area contributed by atoms with Gasteiger partial charge in [0.15, 0.2) is 0 Å². The van der Waals surface area contributed by atoms with Crippen molar-refractivity contribution in [2.24, 2.45) is 0 Å². The number of hydrogen-bond acceptors (Lipinski definition) is 5. The van der Waals surface area contributed by atoms with E-state index < -0.39 is 0 Å². The van der Waals surface area contributed by atoms with Gasteiger partial charge in [-0.05, 0) is 43.4 Å². The topological polar surface area (TPSA) is 65.1 Å². The summed E-state index contributed by atoms with van der Waals surface area (Å²) in [7, 11) is 0. The van der Waals surface area contributed by atoms with Crippen LogP contribution in [0.2, 0.25) is 0 Å². The number of aromatic amines is 1. The predicted molar refractivity (Wildman–Crippen MR) is 98.1 cm³/mol. The third kappa shape index (κ3) is 3.58. The molecule has 2 aliphatic rings. The lowest BCUT2D eigenvalue weighted by Crippen LogP contribution is -2.47. The van der Waals surface area contributed by atoms with Crippen LogP contribution in [0.3, 0.4) is 0 Å². The van der Waals surface area contributed by atoms with Crippen LogP contribution >= 0.6 is 0 Å². The van der Waals surface area contributed by atoms with Crippen molar-refractivity contribution in [3.05, 3.63) is 51.7 Å². The molecular weight excluding hydrogens is 314 g/mol. The van der Waals surface area contributed by atoms with Crippen molar-refractivity contribution < 1.29 is 0 Å². The van der Waals surface area contributed by atoms with E-state index in [1.54, 1.807) is 0 Å². The van der Waals surface area contributed by atoms with Crippen LogP contribution in [0.5, 0.6) is 0 Å². The predicted octanol–water partition coefficient (Wildman–Crippen LogP) is 1.41. The Morgan fingerprint density at radius 3 is 2.48 bits per heavy atom. The van der Waals surface area contributed by atoms with Crippen molar-refractivity contribution in [1.82, 2.24) is 20.1 Å². The maximum Gasteiger partial charge on any atom is 0.267 e. The molecule has 1 fully saturated rings. The van der Waals surface area contributed by atoms with E-state index in [-0.39, 0.29) is 5.56 Å². The first-order valence-electron chi connectivity index (χ1n) is 9.28. The number of nitrogens with zero attached hydrogens (tertiary/aromatic N) is 4. The second kappa shape index (κ2) is 7.35. The van der Waals surface area contributed by atoms with Crippen molar-refractivity contribution in [2.75, 3.05) is 37.6 Å². The van der Waals surface area contributed by atoms with Gasteiger partial charge in [0.25, 0.3) is 5.56 Å². The van der Waals surface area contributed by atoms with E-state index in [0.717, 1.165) is 69.7 Å². The van der Waals surface area contributed by atoms with Crippen LogP contribution in [-0.4, -0.2) is 52.8 Å². The van der Waals surface area contributed by atoms with E-state index in [1.165, 1.54) is 17.7 Å². The molecule has 6 nitrogen and oxygen atoms in total. The number of piperazine rings is 1. The molecule has 0 spiro atoms. The summed E-state index contributed by atoms with van der Waals surface area (Å²) in [5.74, 6) is 0. The second-order valence-corrected chi connectivity index (χ2v) is 6.95. The summed E-state index contributed by atoms with van der Waals surface area (Å²) >= 11 is 0. The van der Waals surface area contributed by atoms with Crippen LogP contribution in [0.25, 0.3) is 0 Å². The van der Waals surface area contributed by atoms with Crippen molar-refractivity contribution >= 4 is 5.69 Å². The molecule has 1 N–H and O–H groups in total. The number of rotatable bonds is 4. The first kappa shape index (κ1) is 16.3.